The monoisotopic (exact) mass is 599 g/mol. The van der Waals surface area contributed by atoms with Crippen molar-refractivity contribution in [3.05, 3.63) is 64.0 Å². The quantitative estimate of drug-likeness (QED) is 0.276. The zero-order chi connectivity index (χ0) is 29.6. The summed E-state index contributed by atoms with van der Waals surface area (Å²) in [7, 11) is 3.13. The van der Waals surface area contributed by atoms with E-state index >= 15 is 0 Å². The molecule has 0 radical (unpaired) electrons. The molecule has 1 amide bonds. The van der Waals surface area contributed by atoms with E-state index in [0.29, 0.717) is 49.6 Å². The number of hydrogen-bond donors (Lipinski definition) is 3. The van der Waals surface area contributed by atoms with Crippen LogP contribution in [-0.4, -0.2) is 62.5 Å². The van der Waals surface area contributed by atoms with Gasteiger partial charge in [-0.1, -0.05) is 44.0 Å². The van der Waals surface area contributed by atoms with Crippen molar-refractivity contribution in [3.63, 3.8) is 0 Å². The Bertz CT molecular complexity index is 1600. The topological polar surface area (TPSA) is 124 Å². The van der Waals surface area contributed by atoms with Gasteiger partial charge in [-0.15, -0.1) is 0 Å². The third-order valence-electron chi connectivity index (χ3n) is 6.86. The van der Waals surface area contributed by atoms with E-state index in [1.807, 2.05) is 32.9 Å². The number of fused-ring (bicyclic) bond motifs is 3. The van der Waals surface area contributed by atoms with Crippen LogP contribution in [-0.2, 0) is 6.54 Å². The normalized spacial score (nSPS) is 15.1. The average Bonchev–Trinajstić information content (AvgIpc) is 3.55. The Balaban J connectivity index is 1.80. The lowest BCUT2D eigenvalue weighted by Gasteiger charge is -2.36. The molecule has 0 fully saturated rings. The number of hydrogen-bond acceptors (Lipinski definition) is 7. The first-order chi connectivity index (χ1) is 19.4. The molecule has 41 heavy (non-hydrogen) atoms. The van der Waals surface area contributed by atoms with Crippen molar-refractivity contribution in [2.45, 2.75) is 39.5 Å². The van der Waals surface area contributed by atoms with Gasteiger partial charge in [0.1, 0.15) is 17.6 Å². The van der Waals surface area contributed by atoms with Gasteiger partial charge in [-0.25, -0.2) is 4.68 Å². The Hall–Kier alpha value is -3.57. The van der Waals surface area contributed by atoms with Gasteiger partial charge in [-0.2, -0.15) is 10.2 Å². The predicted octanol–water partition coefficient (Wildman–Crippen LogP) is 4.91. The summed E-state index contributed by atoms with van der Waals surface area (Å²) in [5.74, 6) is 0.747. The van der Waals surface area contributed by atoms with Crippen molar-refractivity contribution in [1.82, 2.24) is 24.9 Å². The second-order valence-corrected chi connectivity index (χ2v) is 11.8. The number of aromatic nitrogens is 4. The van der Waals surface area contributed by atoms with Gasteiger partial charge in [0.2, 0.25) is 0 Å². The Morgan fingerprint density at radius 3 is 2.49 bits per heavy atom. The number of rotatable bonds is 7. The van der Waals surface area contributed by atoms with Gasteiger partial charge in [-0.3, -0.25) is 9.48 Å². The number of methoxy groups -OCH3 is 1. The Morgan fingerprint density at radius 2 is 1.88 bits per heavy atom. The van der Waals surface area contributed by atoms with Gasteiger partial charge in [0.05, 0.1) is 49.5 Å². The van der Waals surface area contributed by atoms with Crippen LogP contribution < -0.4 is 14.8 Å². The van der Waals surface area contributed by atoms with Gasteiger partial charge in [0, 0.05) is 51.5 Å². The minimum Gasteiger partial charge on any atom is -0.496 e. The molecule has 0 aliphatic carbocycles. The lowest BCUT2D eigenvalue weighted by molar-refractivity contribution is 0.0782. The Kier molecular flexibility index (Phi) is 7.78. The maximum absolute atomic E-state index is 13.2. The van der Waals surface area contributed by atoms with E-state index in [4.69, 9.17) is 37.8 Å². The van der Waals surface area contributed by atoms with E-state index in [1.165, 1.54) is 0 Å². The maximum atomic E-state index is 13.2. The van der Waals surface area contributed by atoms with Gasteiger partial charge in [0.25, 0.3) is 5.91 Å². The molecule has 5 rings (SSSR count). The largest absolute Gasteiger partial charge is 0.496 e. The van der Waals surface area contributed by atoms with Crippen LogP contribution in [0.15, 0.2) is 42.7 Å². The number of nitrogens with zero attached hydrogens (tertiary/aromatic N) is 4. The number of benzene rings is 2. The molecule has 10 nitrogen and oxygen atoms in total. The third kappa shape index (κ3) is 5.40. The van der Waals surface area contributed by atoms with Crippen LogP contribution in [0.4, 0.5) is 0 Å². The number of ether oxygens (including phenoxy) is 2. The maximum Gasteiger partial charge on any atom is 0.271 e. The van der Waals surface area contributed by atoms with Crippen LogP contribution in [0.2, 0.25) is 10.0 Å². The molecule has 1 aliphatic heterocycles. The minimum atomic E-state index is -0.944. The van der Waals surface area contributed by atoms with Crippen LogP contribution in [0.25, 0.3) is 28.1 Å². The van der Waals surface area contributed by atoms with Crippen LogP contribution in [0.5, 0.6) is 11.5 Å². The molecule has 0 saturated heterocycles. The summed E-state index contributed by atoms with van der Waals surface area (Å²) >= 11 is 12.8. The molecule has 3 heterocycles. The second-order valence-electron chi connectivity index (χ2n) is 10.9. The molecular formula is C29H31Cl2N5O5. The highest BCUT2D eigenvalue weighted by Crippen LogP contribution is 2.53. The zero-order valence-corrected chi connectivity index (χ0v) is 24.8. The van der Waals surface area contributed by atoms with Crippen LogP contribution in [0.1, 0.15) is 42.9 Å². The van der Waals surface area contributed by atoms with Crippen molar-refractivity contribution in [2.75, 3.05) is 20.8 Å². The lowest BCUT2D eigenvalue weighted by Crippen LogP contribution is -2.30. The fraction of sp³-hybridized carbons (Fsp3) is 0.345. The highest BCUT2D eigenvalue weighted by molar-refractivity contribution is 6.34. The molecule has 2 atom stereocenters. The van der Waals surface area contributed by atoms with Crippen molar-refractivity contribution in [2.24, 2.45) is 5.41 Å². The van der Waals surface area contributed by atoms with E-state index in [1.54, 1.807) is 54.1 Å². The number of carbonyl (C=O) groups is 1. The summed E-state index contributed by atoms with van der Waals surface area (Å²) in [6.45, 7) is 5.86. The first-order valence-electron chi connectivity index (χ1n) is 13.0. The van der Waals surface area contributed by atoms with Crippen molar-refractivity contribution in [3.8, 4) is 39.6 Å². The van der Waals surface area contributed by atoms with Crippen LogP contribution in [0.3, 0.4) is 0 Å². The molecule has 3 N–H and O–H groups in total. The van der Waals surface area contributed by atoms with E-state index in [2.05, 4.69) is 10.4 Å². The lowest BCUT2D eigenvalue weighted by atomic mass is 9.80. The Morgan fingerprint density at radius 1 is 1.17 bits per heavy atom. The second kappa shape index (κ2) is 11.0. The van der Waals surface area contributed by atoms with E-state index in [9.17, 15) is 15.0 Å². The summed E-state index contributed by atoms with van der Waals surface area (Å²) < 4.78 is 15.6. The molecule has 12 heteroatoms. The van der Waals surface area contributed by atoms with E-state index in [0.717, 1.165) is 5.56 Å². The summed E-state index contributed by atoms with van der Waals surface area (Å²) in [5.41, 5.74) is 3.79. The Labute approximate surface area is 247 Å². The fourth-order valence-electron chi connectivity index (χ4n) is 4.98. The zero-order valence-electron chi connectivity index (χ0n) is 23.3. The van der Waals surface area contributed by atoms with Crippen molar-refractivity contribution < 1.29 is 24.5 Å². The van der Waals surface area contributed by atoms with Crippen LogP contribution in [0, 0.1) is 5.41 Å². The van der Waals surface area contributed by atoms with Crippen LogP contribution >= 0.6 is 23.2 Å². The van der Waals surface area contributed by atoms with Gasteiger partial charge in [0.15, 0.2) is 5.69 Å². The fourth-order valence-corrected chi connectivity index (χ4v) is 5.50. The predicted molar refractivity (Wildman–Crippen MR) is 156 cm³/mol. The molecule has 0 saturated carbocycles. The van der Waals surface area contributed by atoms with Gasteiger partial charge < -0.3 is 25.0 Å². The molecule has 216 valence electrons. The summed E-state index contributed by atoms with van der Waals surface area (Å²) in [6, 6.07) is 8.82. The minimum absolute atomic E-state index is 0.127. The molecule has 2 aromatic carbocycles. The van der Waals surface area contributed by atoms with E-state index < -0.39 is 17.6 Å². The number of halogens is 2. The molecule has 4 aromatic rings. The van der Waals surface area contributed by atoms with Crippen molar-refractivity contribution in [1.29, 1.82) is 0 Å². The standard InChI is InChI=1S/C29H31Cl2N5O5/c1-29(2,3)27-24-25(28(39)32-4)34-36(18-7-16(30)6-17(31)8-18)26(24)21-9-20(22(40-5)10-23(21)41-27)15-11-33-35(12-15)13-19(38)14-37/h6-12,19,27,37-38H,13-14H2,1-5H3,(H,32,39). The summed E-state index contributed by atoms with van der Waals surface area (Å²) in [5, 5.41) is 31.8. The molecular weight excluding hydrogens is 569 g/mol. The summed E-state index contributed by atoms with van der Waals surface area (Å²) in [4.78, 5) is 13.2. The van der Waals surface area contributed by atoms with Crippen molar-refractivity contribution >= 4 is 29.1 Å². The molecule has 2 unspecified atom stereocenters. The molecule has 0 bridgehead atoms. The number of amides is 1. The third-order valence-corrected chi connectivity index (χ3v) is 7.30. The highest BCUT2D eigenvalue weighted by Gasteiger charge is 2.42. The molecule has 0 spiro atoms. The summed E-state index contributed by atoms with van der Waals surface area (Å²) in [6.07, 6.45) is 1.94. The average molecular weight is 601 g/mol. The number of nitrogens with one attached hydrogen (secondary N) is 1. The highest BCUT2D eigenvalue weighted by atomic mass is 35.5. The molecule has 2 aromatic heterocycles. The SMILES string of the molecule is CNC(=O)c1nn(-c2cc(Cl)cc(Cl)c2)c2c1C(C(C)(C)C)Oc1cc(OC)c(-c3cnn(CC(O)CO)c3)cc1-2. The van der Waals surface area contributed by atoms with Gasteiger partial charge in [-0.05, 0) is 24.3 Å². The van der Waals surface area contributed by atoms with E-state index in [-0.39, 0.29) is 24.8 Å². The van der Waals surface area contributed by atoms with Gasteiger partial charge >= 0.3 is 0 Å². The number of aliphatic hydroxyl groups excluding tert-OH is 2. The first-order valence-corrected chi connectivity index (χ1v) is 13.7. The molecule has 1 aliphatic rings. The first kappa shape index (κ1) is 28.9. The number of aliphatic hydroxyl groups is 2. The number of carbonyl (C=O) groups excluding carboxylic acids is 1. The smallest absolute Gasteiger partial charge is 0.271 e.